The van der Waals surface area contributed by atoms with Crippen LogP contribution in [0.3, 0.4) is 0 Å². The van der Waals surface area contributed by atoms with Gasteiger partial charge in [-0.25, -0.2) is 0 Å². The van der Waals surface area contributed by atoms with E-state index >= 15 is 0 Å². The number of benzene rings is 1. The fourth-order valence-electron chi connectivity index (χ4n) is 1.45. The molecule has 10 heteroatoms. The average Bonchev–Trinajstić information content (AvgIpc) is 2.23. The van der Waals surface area contributed by atoms with Crippen LogP contribution in [0.5, 0.6) is 0 Å². The third-order valence-corrected chi connectivity index (χ3v) is 6.16. The normalized spacial score (nSPS) is 12.7. The van der Waals surface area contributed by atoms with Crippen LogP contribution in [0.2, 0.25) is 0 Å². The quantitative estimate of drug-likeness (QED) is 0.479. The molecule has 1 rings (SSSR count). The van der Waals surface area contributed by atoms with Gasteiger partial charge in [0.2, 0.25) is 5.91 Å². The maximum Gasteiger partial charge on any atom is 0.341 e. The number of rotatable bonds is 5. The van der Waals surface area contributed by atoms with E-state index in [-0.39, 0.29) is 11.1 Å². The molecule has 0 aliphatic heterocycles. The van der Waals surface area contributed by atoms with Gasteiger partial charge in [-0.1, -0.05) is 12.1 Å². The topological polar surface area (TPSA) is 158 Å². The summed E-state index contributed by atoms with van der Waals surface area (Å²) in [4.78, 5) is 46.7. The molecule has 0 spiro atoms. The van der Waals surface area contributed by atoms with Crippen LogP contribution in [0.15, 0.2) is 24.3 Å². The van der Waals surface area contributed by atoms with Gasteiger partial charge in [-0.2, -0.15) is 0 Å². The van der Waals surface area contributed by atoms with Crippen molar-refractivity contribution in [3.05, 3.63) is 35.4 Å². The number of hydrogen-bond donors (Lipinski definition) is 5. The fraction of sp³-hybridized carbons (Fsp3) is 0.222. The second kappa shape index (κ2) is 5.54. The molecule has 0 aliphatic rings. The van der Waals surface area contributed by atoms with Crippen LogP contribution in [0.1, 0.15) is 15.9 Å². The monoisotopic (exact) mass is 309 g/mol. The van der Waals surface area contributed by atoms with Crippen molar-refractivity contribution in [2.75, 3.05) is 0 Å². The molecule has 0 aromatic heterocycles. The number of nitrogens with two attached hydrogens (primary N) is 1. The molecule has 19 heavy (non-hydrogen) atoms. The summed E-state index contributed by atoms with van der Waals surface area (Å²) in [6.07, 6.45) is -0.506. The number of amides is 1. The van der Waals surface area contributed by atoms with E-state index in [1.165, 1.54) is 24.3 Å². The zero-order chi connectivity index (χ0) is 14.8. The summed E-state index contributed by atoms with van der Waals surface area (Å²) < 4.78 is 22.2. The lowest BCUT2D eigenvalue weighted by molar-refractivity contribution is 0.1000. The van der Waals surface area contributed by atoms with Crippen molar-refractivity contribution in [2.45, 2.75) is 11.8 Å². The zero-order valence-corrected chi connectivity index (χ0v) is 11.4. The molecule has 0 heterocycles. The molecular weight excluding hydrogens is 296 g/mol. The van der Waals surface area contributed by atoms with Gasteiger partial charge in [0.1, 0.15) is 0 Å². The lowest BCUT2D eigenvalue weighted by atomic mass is 10.1. The predicted octanol–water partition coefficient (Wildman–Crippen LogP) is 0.00950. The van der Waals surface area contributed by atoms with Crippen molar-refractivity contribution in [1.82, 2.24) is 0 Å². The third kappa shape index (κ3) is 4.54. The lowest BCUT2D eigenvalue weighted by Crippen LogP contribution is -2.14. The summed E-state index contributed by atoms with van der Waals surface area (Å²) in [5.41, 5.74) is 5.48. The average molecular weight is 309 g/mol. The highest BCUT2D eigenvalue weighted by Crippen LogP contribution is 2.60. The highest BCUT2D eigenvalue weighted by Gasteiger charge is 2.43. The summed E-state index contributed by atoms with van der Waals surface area (Å²) in [6, 6.07) is 5.29. The van der Waals surface area contributed by atoms with Gasteiger partial charge in [0.15, 0.2) is 5.40 Å². The third-order valence-electron chi connectivity index (χ3n) is 2.43. The first kappa shape index (κ1) is 16.0. The van der Waals surface area contributed by atoms with E-state index in [9.17, 15) is 13.9 Å². The molecule has 0 bridgehead atoms. The van der Waals surface area contributed by atoms with Gasteiger partial charge >= 0.3 is 15.2 Å². The number of carbonyl (C=O) groups excluding carboxylic acids is 1. The molecule has 0 unspecified atom stereocenters. The first-order chi connectivity index (χ1) is 8.51. The molecule has 0 saturated heterocycles. The Morgan fingerprint density at radius 1 is 1.05 bits per heavy atom. The number of primary amides is 1. The zero-order valence-electron chi connectivity index (χ0n) is 9.58. The highest BCUT2D eigenvalue weighted by atomic mass is 31.2. The highest BCUT2D eigenvalue weighted by molar-refractivity contribution is 7.70. The van der Waals surface area contributed by atoms with E-state index in [1.54, 1.807) is 0 Å². The summed E-state index contributed by atoms with van der Waals surface area (Å²) >= 11 is 0. The van der Waals surface area contributed by atoms with Crippen LogP contribution in [0.25, 0.3) is 0 Å². The smallest absolute Gasteiger partial charge is 0.341 e. The van der Waals surface area contributed by atoms with Crippen LogP contribution in [-0.2, 0) is 15.6 Å². The van der Waals surface area contributed by atoms with Crippen LogP contribution >= 0.6 is 15.2 Å². The second-order valence-electron chi connectivity index (χ2n) is 3.92. The van der Waals surface area contributed by atoms with Gasteiger partial charge < -0.3 is 25.3 Å². The van der Waals surface area contributed by atoms with Gasteiger partial charge in [0.25, 0.3) is 0 Å². The largest absolute Gasteiger partial charge is 0.366 e. The maximum absolute atomic E-state index is 11.1. The minimum absolute atomic E-state index is 0.188. The molecule has 0 aliphatic carbocycles. The Morgan fingerprint density at radius 2 is 1.47 bits per heavy atom. The van der Waals surface area contributed by atoms with E-state index in [4.69, 9.17) is 25.3 Å². The van der Waals surface area contributed by atoms with Crippen molar-refractivity contribution in [3.8, 4) is 0 Å². The van der Waals surface area contributed by atoms with Crippen molar-refractivity contribution in [3.63, 3.8) is 0 Å². The second-order valence-corrected chi connectivity index (χ2v) is 7.93. The van der Waals surface area contributed by atoms with E-state index in [0.717, 1.165) is 0 Å². The first-order valence-electron chi connectivity index (χ1n) is 5.01. The van der Waals surface area contributed by atoms with E-state index < -0.39 is 32.9 Å². The fourth-order valence-corrected chi connectivity index (χ4v) is 3.91. The van der Waals surface area contributed by atoms with E-state index in [1.807, 2.05) is 0 Å². The van der Waals surface area contributed by atoms with E-state index in [2.05, 4.69) is 0 Å². The molecule has 1 aromatic carbocycles. The standard InChI is InChI=1S/C9H13NO7P2/c10-9(11)7-3-1-6(2-4-7)5-8(18(12,13)14)19(15,16)17/h1-4,8H,5H2,(H2,10,11)(H2,12,13,14)(H2,15,16,17). The number of carbonyl (C=O) groups is 1. The van der Waals surface area contributed by atoms with Gasteiger partial charge in [-0.05, 0) is 24.1 Å². The molecule has 6 N–H and O–H groups in total. The van der Waals surface area contributed by atoms with Crippen molar-refractivity contribution < 1.29 is 33.5 Å². The molecule has 1 aromatic rings. The van der Waals surface area contributed by atoms with Crippen LogP contribution in [-0.4, -0.2) is 30.9 Å². The Bertz CT molecular complexity index is 536. The molecule has 1 amide bonds. The summed E-state index contributed by atoms with van der Waals surface area (Å²) in [7, 11) is -9.90. The summed E-state index contributed by atoms with van der Waals surface area (Å²) in [5.74, 6) is -0.673. The maximum atomic E-state index is 11.1. The SMILES string of the molecule is NC(=O)c1ccc(CC(P(=O)(O)O)P(=O)(O)O)cc1. The summed E-state index contributed by atoms with van der Waals surface area (Å²) in [5, 5.41) is -2.10. The summed E-state index contributed by atoms with van der Waals surface area (Å²) in [6.45, 7) is 0. The molecule has 0 saturated carbocycles. The number of hydrogen-bond acceptors (Lipinski definition) is 3. The van der Waals surface area contributed by atoms with Crippen molar-refractivity contribution in [1.29, 1.82) is 0 Å². The van der Waals surface area contributed by atoms with Gasteiger partial charge in [0.05, 0.1) is 0 Å². The van der Waals surface area contributed by atoms with E-state index in [0.29, 0.717) is 0 Å². The van der Waals surface area contributed by atoms with Crippen LogP contribution in [0.4, 0.5) is 0 Å². The van der Waals surface area contributed by atoms with Gasteiger partial charge in [-0.15, -0.1) is 0 Å². The van der Waals surface area contributed by atoms with Crippen LogP contribution < -0.4 is 5.73 Å². The predicted molar refractivity (Wildman–Crippen MR) is 66.5 cm³/mol. The molecule has 8 nitrogen and oxygen atoms in total. The minimum Gasteiger partial charge on any atom is -0.366 e. The Kier molecular flexibility index (Phi) is 4.68. The Labute approximate surface area is 108 Å². The Balaban J connectivity index is 3.02. The molecule has 106 valence electrons. The molecular formula is C9H13NO7P2. The van der Waals surface area contributed by atoms with Gasteiger partial charge in [-0.3, -0.25) is 13.9 Å². The minimum atomic E-state index is -4.95. The Morgan fingerprint density at radius 3 is 1.79 bits per heavy atom. The van der Waals surface area contributed by atoms with Gasteiger partial charge in [0, 0.05) is 5.56 Å². The molecule has 0 atom stereocenters. The first-order valence-corrected chi connectivity index (χ1v) is 8.37. The lowest BCUT2D eigenvalue weighted by Gasteiger charge is -2.19. The van der Waals surface area contributed by atoms with Crippen molar-refractivity contribution >= 4 is 21.1 Å². The molecule has 0 fully saturated rings. The Hall–Kier alpha value is -1.01. The molecule has 0 radical (unpaired) electrons. The van der Waals surface area contributed by atoms with Crippen LogP contribution in [0, 0.1) is 0 Å². The van der Waals surface area contributed by atoms with Crippen molar-refractivity contribution in [2.24, 2.45) is 5.73 Å².